The normalized spacial score (nSPS) is 10.4. The Labute approximate surface area is 107 Å². The zero-order chi connectivity index (χ0) is 12.8. The summed E-state index contributed by atoms with van der Waals surface area (Å²) in [6, 6.07) is 3.53. The summed E-state index contributed by atoms with van der Waals surface area (Å²) in [5.41, 5.74) is 6.30. The van der Waals surface area contributed by atoms with Crippen LogP contribution in [0.3, 0.4) is 0 Å². The van der Waals surface area contributed by atoms with Gasteiger partial charge in [0, 0.05) is 5.03 Å². The van der Waals surface area contributed by atoms with Gasteiger partial charge in [-0.05, 0) is 18.1 Å². The molecule has 0 bridgehead atoms. The Balaban J connectivity index is 2.68. The number of aromatic nitrogens is 1. The van der Waals surface area contributed by atoms with Gasteiger partial charge in [0.05, 0.1) is 18.8 Å². The zero-order valence-corrected chi connectivity index (χ0v) is 10.9. The number of nitrogens with two attached hydrogens (primary N) is 1. The summed E-state index contributed by atoms with van der Waals surface area (Å²) in [5, 5.41) is 3.54. The molecule has 0 saturated heterocycles. The highest BCUT2D eigenvalue weighted by molar-refractivity contribution is 6.29. The van der Waals surface area contributed by atoms with E-state index < -0.39 is 0 Å². The van der Waals surface area contributed by atoms with Crippen molar-refractivity contribution >= 4 is 23.1 Å². The van der Waals surface area contributed by atoms with Crippen LogP contribution in [0.5, 0.6) is 5.88 Å². The number of nitrogens with zero attached hydrogens (tertiary/aromatic N) is 1. The predicted molar refractivity (Wildman–Crippen MR) is 72.5 cm³/mol. The number of hydrogen-bond donors (Lipinski definition) is 2. The molecule has 17 heavy (non-hydrogen) atoms. The lowest BCUT2D eigenvalue weighted by atomic mass is 10.2. The van der Waals surface area contributed by atoms with Gasteiger partial charge in [-0.2, -0.15) is 4.98 Å². The summed E-state index contributed by atoms with van der Waals surface area (Å²) in [6.07, 6.45) is 0. The van der Waals surface area contributed by atoms with Crippen molar-refractivity contribution in [2.75, 3.05) is 24.2 Å². The quantitative estimate of drug-likeness (QED) is 0.821. The van der Waals surface area contributed by atoms with E-state index >= 15 is 0 Å². The van der Waals surface area contributed by atoms with Crippen LogP contribution >= 0.6 is 11.6 Å². The number of hydrogen-bond acceptors (Lipinski definition) is 4. The molecule has 3 N–H and O–H groups in total. The number of halogens is 1. The number of nitrogen functional groups attached to an aromatic ring is 1. The molecule has 0 saturated carbocycles. The van der Waals surface area contributed by atoms with Crippen LogP contribution in [0.25, 0.3) is 0 Å². The highest BCUT2D eigenvalue weighted by Crippen LogP contribution is 2.21. The van der Waals surface area contributed by atoms with E-state index in [1.54, 1.807) is 12.1 Å². The summed E-state index contributed by atoms with van der Waals surface area (Å²) in [5.74, 6) is 1.54. The molecule has 1 heterocycles. The van der Waals surface area contributed by atoms with Crippen molar-refractivity contribution in [2.45, 2.75) is 13.8 Å². The van der Waals surface area contributed by atoms with Gasteiger partial charge < -0.3 is 15.8 Å². The summed E-state index contributed by atoms with van der Waals surface area (Å²) in [4.78, 5) is 4.26. The molecule has 0 radical (unpaired) electrons. The average Bonchev–Trinajstić information content (AvgIpc) is 2.26. The number of nitrogens with one attached hydrogen (secondary N) is 1. The third-order valence-corrected chi connectivity index (χ3v) is 2.04. The molecule has 0 aromatic carbocycles. The Kier molecular flexibility index (Phi) is 5.10. The van der Waals surface area contributed by atoms with Crippen LogP contribution in [-0.4, -0.2) is 18.1 Å². The number of anilines is 2. The Bertz CT molecular complexity index is 393. The maximum Gasteiger partial charge on any atom is 0.239 e. The summed E-state index contributed by atoms with van der Waals surface area (Å²) in [6.45, 7) is 8.77. The van der Waals surface area contributed by atoms with E-state index in [-0.39, 0.29) is 0 Å². The Morgan fingerprint density at radius 1 is 1.59 bits per heavy atom. The summed E-state index contributed by atoms with van der Waals surface area (Å²) < 4.78 is 5.51. The highest BCUT2D eigenvalue weighted by Gasteiger charge is 2.05. The number of pyridine rings is 1. The van der Waals surface area contributed by atoms with Crippen LogP contribution in [0, 0.1) is 5.92 Å². The van der Waals surface area contributed by atoms with Crippen LogP contribution in [-0.2, 0) is 0 Å². The fourth-order valence-electron chi connectivity index (χ4n) is 1.10. The highest BCUT2D eigenvalue weighted by atomic mass is 35.5. The van der Waals surface area contributed by atoms with Gasteiger partial charge in [-0.1, -0.05) is 32.0 Å². The molecule has 0 amide bonds. The van der Waals surface area contributed by atoms with Gasteiger partial charge in [0.15, 0.2) is 0 Å². The van der Waals surface area contributed by atoms with E-state index in [9.17, 15) is 0 Å². The van der Waals surface area contributed by atoms with Gasteiger partial charge in [-0.3, -0.25) is 0 Å². The SMILES string of the molecule is C=C(Cl)CNc1ccc(N)c(OCC(C)C)n1. The molecular weight excluding hydrogens is 238 g/mol. The molecular formula is C12H18ClN3O. The monoisotopic (exact) mass is 255 g/mol. The third-order valence-electron chi connectivity index (χ3n) is 1.90. The fraction of sp³-hybridized carbons (Fsp3) is 0.417. The Morgan fingerprint density at radius 3 is 2.88 bits per heavy atom. The third kappa shape index (κ3) is 4.95. The molecule has 1 aromatic heterocycles. The van der Waals surface area contributed by atoms with Crippen molar-refractivity contribution in [1.82, 2.24) is 4.98 Å². The standard InChI is InChI=1S/C12H18ClN3O/c1-8(2)7-17-12-10(14)4-5-11(16-12)15-6-9(3)13/h4-5,8H,3,6-7,14H2,1-2H3,(H,15,16). The fourth-order valence-corrected chi connectivity index (χ4v) is 1.16. The molecule has 0 atom stereocenters. The molecule has 5 heteroatoms. The predicted octanol–water partition coefficient (Wildman–Crippen LogP) is 2.86. The molecule has 0 fully saturated rings. The van der Waals surface area contributed by atoms with Gasteiger partial charge in [-0.25, -0.2) is 0 Å². The van der Waals surface area contributed by atoms with Crippen LogP contribution in [0.1, 0.15) is 13.8 Å². The maximum absolute atomic E-state index is 5.77. The lowest BCUT2D eigenvalue weighted by molar-refractivity contribution is 0.263. The molecule has 0 aliphatic rings. The number of ether oxygens (including phenoxy) is 1. The second-order valence-electron chi connectivity index (χ2n) is 4.17. The van der Waals surface area contributed by atoms with Crippen LogP contribution in [0.2, 0.25) is 0 Å². The van der Waals surface area contributed by atoms with E-state index in [0.29, 0.717) is 41.5 Å². The van der Waals surface area contributed by atoms with Crippen molar-refractivity contribution in [3.8, 4) is 5.88 Å². The molecule has 1 aromatic rings. The minimum absolute atomic E-state index is 0.426. The van der Waals surface area contributed by atoms with E-state index in [0.717, 1.165) is 0 Å². The zero-order valence-electron chi connectivity index (χ0n) is 10.2. The van der Waals surface area contributed by atoms with Crippen molar-refractivity contribution in [3.05, 3.63) is 23.7 Å². The second kappa shape index (κ2) is 6.35. The van der Waals surface area contributed by atoms with Gasteiger partial charge in [-0.15, -0.1) is 0 Å². The van der Waals surface area contributed by atoms with Gasteiger partial charge in [0.2, 0.25) is 5.88 Å². The molecule has 0 aliphatic heterocycles. The average molecular weight is 256 g/mol. The molecule has 0 unspecified atom stereocenters. The molecule has 94 valence electrons. The summed E-state index contributed by atoms with van der Waals surface area (Å²) >= 11 is 5.66. The van der Waals surface area contributed by atoms with E-state index in [4.69, 9.17) is 22.1 Å². The largest absolute Gasteiger partial charge is 0.476 e. The molecule has 0 aliphatic carbocycles. The smallest absolute Gasteiger partial charge is 0.239 e. The second-order valence-corrected chi connectivity index (χ2v) is 4.70. The van der Waals surface area contributed by atoms with Gasteiger partial charge in [0.25, 0.3) is 0 Å². The van der Waals surface area contributed by atoms with Gasteiger partial charge in [0.1, 0.15) is 5.82 Å². The molecule has 1 rings (SSSR count). The Hall–Kier alpha value is -1.42. The lowest BCUT2D eigenvalue weighted by Gasteiger charge is -2.11. The first-order valence-corrected chi connectivity index (χ1v) is 5.83. The van der Waals surface area contributed by atoms with Crippen LogP contribution in [0.4, 0.5) is 11.5 Å². The van der Waals surface area contributed by atoms with Crippen molar-refractivity contribution < 1.29 is 4.74 Å². The Morgan fingerprint density at radius 2 is 2.29 bits per heavy atom. The minimum Gasteiger partial charge on any atom is -0.476 e. The molecule has 4 nitrogen and oxygen atoms in total. The van der Waals surface area contributed by atoms with E-state index in [2.05, 4.69) is 30.7 Å². The maximum atomic E-state index is 5.77. The van der Waals surface area contributed by atoms with Crippen LogP contribution in [0.15, 0.2) is 23.7 Å². The summed E-state index contributed by atoms with van der Waals surface area (Å²) in [7, 11) is 0. The topological polar surface area (TPSA) is 60.2 Å². The first-order valence-electron chi connectivity index (χ1n) is 5.45. The molecule has 0 spiro atoms. The first kappa shape index (κ1) is 13.6. The van der Waals surface area contributed by atoms with Gasteiger partial charge >= 0.3 is 0 Å². The number of rotatable bonds is 6. The van der Waals surface area contributed by atoms with Crippen LogP contribution < -0.4 is 15.8 Å². The van der Waals surface area contributed by atoms with Crippen molar-refractivity contribution in [2.24, 2.45) is 5.92 Å². The minimum atomic E-state index is 0.426. The first-order chi connectivity index (χ1) is 7.99. The van der Waals surface area contributed by atoms with Crippen molar-refractivity contribution in [1.29, 1.82) is 0 Å². The van der Waals surface area contributed by atoms with E-state index in [1.165, 1.54) is 0 Å². The van der Waals surface area contributed by atoms with Crippen molar-refractivity contribution in [3.63, 3.8) is 0 Å². The van der Waals surface area contributed by atoms with E-state index in [1.807, 2.05) is 0 Å². The lowest BCUT2D eigenvalue weighted by Crippen LogP contribution is -2.09.